The van der Waals surface area contributed by atoms with E-state index in [9.17, 15) is 4.79 Å². The van der Waals surface area contributed by atoms with E-state index in [2.05, 4.69) is 43.3 Å². The maximum atomic E-state index is 12.7. The molecule has 0 radical (unpaired) electrons. The molecule has 0 aliphatic rings. The van der Waals surface area contributed by atoms with Crippen molar-refractivity contribution in [1.82, 2.24) is 19.7 Å². The van der Waals surface area contributed by atoms with Crippen molar-refractivity contribution in [3.63, 3.8) is 0 Å². The second-order valence-corrected chi connectivity index (χ2v) is 9.17. The molecule has 2 aromatic heterocycles. The van der Waals surface area contributed by atoms with Gasteiger partial charge in [-0.15, -0.1) is 0 Å². The van der Waals surface area contributed by atoms with E-state index in [0.717, 1.165) is 17.0 Å². The van der Waals surface area contributed by atoms with Crippen LogP contribution in [0.15, 0.2) is 85.3 Å². The van der Waals surface area contributed by atoms with Gasteiger partial charge in [0.05, 0.1) is 6.04 Å². The standard InChI is InChI=1S/C27H30N4O2/c1-20(21-7-11-23(12-8-21)30-16-5-6-17-30)28-26(32)25-15-18-31(29-25)19-33-24-13-9-22(10-14-24)27(2,3)4/h5-18,20H,19H2,1-4H3,(H,28,32)/t20-/m0/s1. The number of hydrogen-bond donors (Lipinski definition) is 1. The molecule has 0 unspecified atom stereocenters. The summed E-state index contributed by atoms with van der Waals surface area (Å²) in [6.45, 7) is 8.74. The van der Waals surface area contributed by atoms with E-state index in [1.165, 1.54) is 5.56 Å². The Labute approximate surface area is 194 Å². The van der Waals surface area contributed by atoms with Gasteiger partial charge >= 0.3 is 0 Å². The molecule has 4 aromatic rings. The minimum Gasteiger partial charge on any atom is -0.471 e. The molecule has 0 saturated heterocycles. The minimum atomic E-state index is -0.217. The highest BCUT2D eigenvalue weighted by molar-refractivity contribution is 5.92. The normalized spacial score (nSPS) is 12.4. The first-order valence-corrected chi connectivity index (χ1v) is 11.1. The van der Waals surface area contributed by atoms with Crippen molar-refractivity contribution in [2.45, 2.75) is 45.9 Å². The molecule has 1 atom stereocenters. The smallest absolute Gasteiger partial charge is 0.272 e. The third-order valence-electron chi connectivity index (χ3n) is 5.60. The zero-order valence-corrected chi connectivity index (χ0v) is 19.5. The topological polar surface area (TPSA) is 61.1 Å². The lowest BCUT2D eigenvalue weighted by Gasteiger charge is -2.19. The van der Waals surface area contributed by atoms with Crippen LogP contribution < -0.4 is 10.1 Å². The second-order valence-electron chi connectivity index (χ2n) is 9.17. The molecule has 6 heteroatoms. The van der Waals surface area contributed by atoms with Gasteiger partial charge in [-0.05, 0) is 65.9 Å². The Balaban J connectivity index is 1.32. The summed E-state index contributed by atoms with van der Waals surface area (Å²) < 4.78 is 9.47. The molecule has 0 fully saturated rings. The Morgan fingerprint density at radius 2 is 1.64 bits per heavy atom. The molecule has 170 valence electrons. The number of carbonyl (C=O) groups is 1. The fourth-order valence-corrected chi connectivity index (χ4v) is 3.54. The van der Waals surface area contributed by atoms with Gasteiger partial charge in [-0.25, -0.2) is 4.68 Å². The Kier molecular flexibility index (Phi) is 6.36. The largest absolute Gasteiger partial charge is 0.471 e. The van der Waals surface area contributed by atoms with Crippen molar-refractivity contribution < 1.29 is 9.53 Å². The van der Waals surface area contributed by atoms with Gasteiger partial charge in [-0.3, -0.25) is 4.79 Å². The Hall–Kier alpha value is -3.80. The molecule has 6 nitrogen and oxygen atoms in total. The van der Waals surface area contributed by atoms with E-state index in [0.29, 0.717) is 5.69 Å². The summed E-state index contributed by atoms with van der Waals surface area (Å²) in [4.78, 5) is 12.7. The number of nitrogens with zero attached hydrogens (tertiary/aromatic N) is 3. The maximum absolute atomic E-state index is 12.7. The van der Waals surface area contributed by atoms with Gasteiger partial charge in [-0.1, -0.05) is 45.0 Å². The molecular weight excluding hydrogens is 412 g/mol. The number of ether oxygens (including phenoxy) is 1. The average Bonchev–Trinajstić information content (AvgIpc) is 3.50. The predicted molar refractivity (Wildman–Crippen MR) is 130 cm³/mol. The zero-order valence-electron chi connectivity index (χ0n) is 19.5. The highest BCUT2D eigenvalue weighted by atomic mass is 16.5. The summed E-state index contributed by atoms with van der Waals surface area (Å²) in [5.41, 5.74) is 3.82. The number of carbonyl (C=O) groups excluding carboxylic acids is 1. The predicted octanol–water partition coefficient (Wildman–Crippen LogP) is 5.50. The summed E-state index contributed by atoms with van der Waals surface area (Å²) in [7, 11) is 0. The van der Waals surface area contributed by atoms with Crippen LogP contribution in [-0.4, -0.2) is 20.3 Å². The monoisotopic (exact) mass is 442 g/mol. The van der Waals surface area contributed by atoms with Gasteiger partial charge < -0.3 is 14.6 Å². The first-order valence-electron chi connectivity index (χ1n) is 11.1. The first-order chi connectivity index (χ1) is 15.8. The molecule has 0 bridgehead atoms. The summed E-state index contributed by atoms with van der Waals surface area (Å²) in [6, 6.07) is 21.7. The number of hydrogen-bond acceptors (Lipinski definition) is 3. The molecule has 33 heavy (non-hydrogen) atoms. The molecule has 2 aromatic carbocycles. The maximum Gasteiger partial charge on any atom is 0.272 e. The van der Waals surface area contributed by atoms with Crippen LogP contribution in [0.3, 0.4) is 0 Å². The fraction of sp³-hybridized carbons (Fsp3) is 0.259. The molecule has 0 spiro atoms. The number of nitrogens with one attached hydrogen (secondary N) is 1. The lowest BCUT2D eigenvalue weighted by molar-refractivity contribution is 0.0932. The molecular formula is C27H30N4O2. The molecule has 2 heterocycles. The van der Waals surface area contributed by atoms with Crippen molar-refractivity contribution >= 4 is 5.91 Å². The SMILES string of the molecule is C[C@H](NC(=O)c1ccn(COc2ccc(C(C)(C)C)cc2)n1)c1ccc(-n2cccc2)cc1. The van der Waals surface area contributed by atoms with E-state index in [1.54, 1.807) is 16.9 Å². The third kappa shape index (κ3) is 5.52. The fourth-order valence-electron chi connectivity index (χ4n) is 3.54. The van der Waals surface area contributed by atoms with Crippen LogP contribution in [0, 0.1) is 0 Å². The van der Waals surface area contributed by atoms with E-state index >= 15 is 0 Å². The lowest BCUT2D eigenvalue weighted by Crippen LogP contribution is -2.27. The lowest BCUT2D eigenvalue weighted by atomic mass is 9.87. The molecule has 0 saturated carbocycles. The van der Waals surface area contributed by atoms with Gasteiger partial charge in [0.1, 0.15) is 11.4 Å². The van der Waals surface area contributed by atoms with Crippen molar-refractivity contribution in [3.05, 3.63) is 102 Å². The second kappa shape index (κ2) is 9.36. The van der Waals surface area contributed by atoms with Crippen LogP contribution in [0.25, 0.3) is 5.69 Å². The van der Waals surface area contributed by atoms with E-state index in [-0.39, 0.29) is 24.1 Å². The van der Waals surface area contributed by atoms with Crippen molar-refractivity contribution in [1.29, 1.82) is 0 Å². The zero-order chi connectivity index (χ0) is 23.4. The van der Waals surface area contributed by atoms with Crippen LogP contribution in [-0.2, 0) is 12.1 Å². The van der Waals surface area contributed by atoms with Gasteiger partial charge in [0.2, 0.25) is 0 Å². The van der Waals surface area contributed by atoms with Crippen LogP contribution in [0.4, 0.5) is 0 Å². The number of benzene rings is 2. The summed E-state index contributed by atoms with van der Waals surface area (Å²) in [6.07, 6.45) is 5.75. The molecule has 1 N–H and O–H groups in total. The molecule has 0 aliphatic heterocycles. The molecule has 0 aliphatic carbocycles. The van der Waals surface area contributed by atoms with Crippen LogP contribution in [0.5, 0.6) is 5.75 Å². The van der Waals surface area contributed by atoms with Gasteiger partial charge in [-0.2, -0.15) is 5.10 Å². The highest BCUT2D eigenvalue weighted by Crippen LogP contribution is 2.24. The summed E-state index contributed by atoms with van der Waals surface area (Å²) >= 11 is 0. The van der Waals surface area contributed by atoms with Crippen LogP contribution >= 0.6 is 0 Å². The van der Waals surface area contributed by atoms with Gasteiger partial charge in [0, 0.05) is 24.3 Å². The summed E-state index contributed by atoms with van der Waals surface area (Å²) in [5, 5.41) is 7.36. The minimum absolute atomic E-state index is 0.102. The first kappa shape index (κ1) is 22.4. The third-order valence-corrected chi connectivity index (χ3v) is 5.60. The Morgan fingerprint density at radius 3 is 2.27 bits per heavy atom. The van der Waals surface area contributed by atoms with Crippen LogP contribution in [0.1, 0.15) is 55.4 Å². The number of amides is 1. The van der Waals surface area contributed by atoms with E-state index in [1.807, 2.05) is 72.4 Å². The molecule has 4 rings (SSSR count). The number of aromatic nitrogens is 3. The highest BCUT2D eigenvalue weighted by Gasteiger charge is 2.15. The van der Waals surface area contributed by atoms with Crippen molar-refractivity contribution in [2.24, 2.45) is 0 Å². The van der Waals surface area contributed by atoms with Crippen molar-refractivity contribution in [2.75, 3.05) is 0 Å². The van der Waals surface area contributed by atoms with Crippen LogP contribution in [0.2, 0.25) is 0 Å². The van der Waals surface area contributed by atoms with Gasteiger partial charge in [0.25, 0.3) is 5.91 Å². The number of rotatable bonds is 7. The summed E-state index contributed by atoms with van der Waals surface area (Å²) in [5.74, 6) is 0.548. The average molecular weight is 443 g/mol. The Morgan fingerprint density at radius 1 is 0.970 bits per heavy atom. The quantitative estimate of drug-likeness (QED) is 0.411. The van der Waals surface area contributed by atoms with E-state index < -0.39 is 0 Å². The van der Waals surface area contributed by atoms with Crippen molar-refractivity contribution in [3.8, 4) is 11.4 Å². The van der Waals surface area contributed by atoms with Gasteiger partial charge in [0.15, 0.2) is 6.73 Å². The molecule has 1 amide bonds. The van der Waals surface area contributed by atoms with E-state index in [4.69, 9.17) is 4.74 Å². The Bertz CT molecular complexity index is 1180.